The molecule has 0 fully saturated rings. The average molecular weight is 448 g/mol. The molecule has 9 heteroatoms. The van der Waals surface area contributed by atoms with Crippen LogP contribution >= 0.6 is 11.6 Å². The highest BCUT2D eigenvalue weighted by Gasteiger charge is 2.33. The van der Waals surface area contributed by atoms with Gasteiger partial charge in [-0.3, -0.25) is 14.9 Å². The zero-order valence-corrected chi connectivity index (χ0v) is 17.9. The van der Waals surface area contributed by atoms with Gasteiger partial charge in [0.15, 0.2) is 0 Å². The minimum Gasteiger partial charge on any atom is -0.328 e. The molecule has 3 heterocycles. The summed E-state index contributed by atoms with van der Waals surface area (Å²) in [6.45, 7) is 2.64. The molecular formula is C23H18ClN5O3. The quantitative estimate of drug-likeness (QED) is 0.335. The Bertz CT molecular complexity index is 1360. The average Bonchev–Trinajstić information content (AvgIpc) is 3.49. The Morgan fingerprint density at radius 2 is 1.88 bits per heavy atom. The van der Waals surface area contributed by atoms with E-state index in [1.165, 1.54) is 18.2 Å². The summed E-state index contributed by atoms with van der Waals surface area (Å²) in [6, 6.07) is 15.8. The van der Waals surface area contributed by atoms with Crippen molar-refractivity contribution in [1.29, 1.82) is 0 Å². The van der Waals surface area contributed by atoms with Crippen LogP contribution in [-0.4, -0.2) is 30.1 Å². The van der Waals surface area contributed by atoms with Crippen LogP contribution in [0.2, 0.25) is 5.02 Å². The predicted octanol–water partition coefficient (Wildman–Crippen LogP) is 4.69. The lowest BCUT2D eigenvalue weighted by Crippen LogP contribution is -2.26. The Balaban J connectivity index is 1.54. The summed E-state index contributed by atoms with van der Waals surface area (Å²) in [7, 11) is 0. The molecule has 160 valence electrons. The first kappa shape index (κ1) is 20.0. The molecule has 0 N–H and O–H groups in total. The van der Waals surface area contributed by atoms with Gasteiger partial charge in [-0.25, -0.2) is 4.68 Å². The maximum Gasteiger partial charge on any atom is 0.270 e. The first-order valence-electron chi connectivity index (χ1n) is 9.97. The number of fused-ring (bicyclic) bond motifs is 1. The fraction of sp³-hybridized carbons (Fsp3) is 0.130. The molecule has 0 unspecified atom stereocenters. The summed E-state index contributed by atoms with van der Waals surface area (Å²) in [5.74, 6) is 0.494. The number of nitrogens with zero attached hydrogens (tertiary/aromatic N) is 5. The summed E-state index contributed by atoms with van der Waals surface area (Å²) < 4.78 is 3.86. The van der Waals surface area contributed by atoms with Crippen LogP contribution in [0.5, 0.6) is 0 Å². The van der Waals surface area contributed by atoms with Crippen molar-refractivity contribution in [3.05, 3.63) is 105 Å². The van der Waals surface area contributed by atoms with Crippen molar-refractivity contribution in [3.63, 3.8) is 0 Å². The summed E-state index contributed by atoms with van der Waals surface area (Å²) in [5.41, 5.74) is 3.70. The third-order valence-electron chi connectivity index (χ3n) is 5.50. The van der Waals surface area contributed by atoms with E-state index in [1.807, 2.05) is 58.9 Å². The molecule has 0 saturated heterocycles. The maximum atomic E-state index is 13.2. The Morgan fingerprint density at radius 3 is 2.59 bits per heavy atom. The van der Waals surface area contributed by atoms with E-state index in [1.54, 1.807) is 4.90 Å². The fourth-order valence-corrected chi connectivity index (χ4v) is 4.19. The Kier molecular flexibility index (Phi) is 4.79. The minimum absolute atomic E-state index is 0.111. The largest absolute Gasteiger partial charge is 0.328 e. The second kappa shape index (κ2) is 7.65. The number of carbonyl (C=O) groups is 1. The number of nitro groups is 1. The topological polar surface area (TPSA) is 86.2 Å². The molecule has 0 atom stereocenters. The van der Waals surface area contributed by atoms with Crippen LogP contribution in [-0.2, 0) is 13.1 Å². The molecule has 0 radical (unpaired) electrons. The second-order valence-corrected chi connectivity index (χ2v) is 8.08. The van der Waals surface area contributed by atoms with Gasteiger partial charge in [0.1, 0.15) is 5.82 Å². The molecule has 0 aliphatic carbocycles. The first-order valence-corrected chi connectivity index (χ1v) is 10.3. The number of carbonyl (C=O) groups excluding carboxylic acids is 1. The number of amides is 1. The van der Waals surface area contributed by atoms with Crippen molar-refractivity contribution in [1.82, 2.24) is 19.2 Å². The highest BCUT2D eigenvalue weighted by molar-refractivity contribution is 6.33. The van der Waals surface area contributed by atoms with Gasteiger partial charge in [-0.15, -0.1) is 0 Å². The number of benzene rings is 2. The second-order valence-electron chi connectivity index (χ2n) is 7.67. The lowest BCUT2D eigenvalue weighted by atomic mass is 10.1. The molecular weight excluding hydrogens is 430 g/mol. The molecule has 1 amide bonds. The van der Waals surface area contributed by atoms with E-state index < -0.39 is 4.92 Å². The summed E-state index contributed by atoms with van der Waals surface area (Å²) in [6.07, 6.45) is 3.87. The molecule has 1 aliphatic rings. The predicted molar refractivity (Wildman–Crippen MR) is 119 cm³/mol. The molecule has 0 bridgehead atoms. The molecule has 0 spiro atoms. The molecule has 8 nitrogen and oxygen atoms in total. The van der Waals surface area contributed by atoms with Crippen molar-refractivity contribution in [2.24, 2.45) is 0 Å². The minimum atomic E-state index is -0.539. The van der Waals surface area contributed by atoms with Gasteiger partial charge in [0.05, 0.1) is 40.0 Å². The van der Waals surface area contributed by atoms with Crippen molar-refractivity contribution < 1.29 is 9.72 Å². The van der Waals surface area contributed by atoms with Crippen molar-refractivity contribution in [3.8, 4) is 11.5 Å². The summed E-state index contributed by atoms with van der Waals surface area (Å²) in [5, 5.41) is 16.1. The molecule has 32 heavy (non-hydrogen) atoms. The van der Waals surface area contributed by atoms with Crippen molar-refractivity contribution in [2.45, 2.75) is 20.0 Å². The van der Waals surface area contributed by atoms with Crippen LogP contribution in [0.25, 0.3) is 11.5 Å². The third kappa shape index (κ3) is 3.34. The zero-order chi connectivity index (χ0) is 22.4. The van der Waals surface area contributed by atoms with Gasteiger partial charge < -0.3 is 9.47 Å². The standard InChI is InChI=1S/C23H18ClN5O3/c1-15-5-4-6-16(11-15)28-22(26-9-2-3-10-26)19-13-27(14-21(19)25-28)23(30)18-12-17(29(31)32)7-8-20(18)24/h2-12H,13-14H2,1H3. The number of rotatable bonds is 4. The number of hydrogen-bond donors (Lipinski definition) is 0. The maximum absolute atomic E-state index is 13.2. The fourth-order valence-electron chi connectivity index (χ4n) is 3.99. The zero-order valence-electron chi connectivity index (χ0n) is 17.1. The Morgan fingerprint density at radius 1 is 1.09 bits per heavy atom. The van der Waals surface area contributed by atoms with E-state index >= 15 is 0 Å². The van der Waals surface area contributed by atoms with Gasteiger partial charge in [-0.2, -0.15) is 5.10 Å². The SMILES string of the molecule is Cc1cccc(-n2nc3c(c2-n2cccc2)CN(C(=O)c2cc([N+](=O)[O-])ccc2Cl)C3)c1. The van der Waals surface area contributed by atoms with Crippen LogP contribution in [0.3, 0.4) is 0 Å². The van der Waals surface area contributed by atoms with E-state index in [9.17, 15) is 14.9 Å². The third-order valence-corrected chi connectivity index (χ3v) is 5.83. The van der Waals surface area contributed by atoms with Crippen LogP contribution in [0.15, 0.2) is 67.0 Å². The molecule has 0 saturated carbocycles. The van der Waals surface area contributed by atoms with E-state index in [4.69, 9.17) is 16.7 Å². The lowest BCUT2D eigenvalue weighted by Gasteiger charge is -2.18. The molecule has 2 aromatic heterocycles. The lowest BCUT2D eigenvalue weighted by molar-refractivity contribution is -0.384. The van der Waals surface area contributed by atoms with Gasteiger partial charge in [0.2, 0.25) is 0 Å². The number of nitro benzene ring substituents is 1. The number of halogens is 1. The Hall–Kier alpha value is -3.91. The van der Waals surface area contributed by atoms with Gasteiger partial charge in [0.25, 0.3) is 11.6 Å². The van der Waals surface area contributed by atoms with Crippen LogP contribution in [0.1, 0.15) is 27.2 Å². The van der Waals surface area contributed by atoms with Gasteiger partial charge in [-0.1, -0.05) is 23.7 Å². The van der Waals surface area contributed by atoms with E-state index in [0.717, 1.165) is 28.3 Å². The van der Waals surface area contributed by atoms with Crippen molar-refractivity contribution >= 4 is 23.2 Å². The highest BCUT2D eigenvalue weighted by Crippen LogP contribution is 2.33. The van der Waals surface area contributed by atoms with Crippen LogP contribution in [0, 0.1) is 17.0 Å². The van der Waals surface area contributed by atoms with Crippen LogP contribution in [0.4, 0.5) is 5.69 Å². The number of aryl methyl sites for hydroxylation is 1. The normalized spacial score (nSPS) is 12.8. The summed E-state index contributed by atoms with van der Waals surface area (Å²) >= 11 is 6.20. The van der Waals surface area contributed by atoms with Crippen molar-refractivity contribution in [2.75, 3.05) is 0 Å². The Labute approximate surface area is 188 Å². The van der Waals surface area contributed by atoms with E-state index in [2.05, 4.69) is 6.07 Å². The first-order chi connectivity index (χ1) is 15.4. The number of hydrogen-bond acceptors (Lipinski definition) is 4. The van der Waals surface area contributed by atoms with Gasteiger partial charge in [0, 0.05) is 30.1 Å². The number of aromatic nitrogens is 3. The highest BCUT2D eigenvalue weighted by atomic mass is 35.5. The van der Waals surface area contributed by atoms with E-state index in [-0.39, 0.29) is 22.2 Å². The summed E-state index contributed by atoms with van der Waals surface area (Å²) in [4.78, 5) is 25.4. The van der Waals surface area contributed by atoms with E-state index in [0.29, 0.717) is 13.1 Å². The van der Waals surface area contributed by atoms with Crippen LogP contribution < -0.4 is 0 Å². The molecule has 2 aromatic carbocycles. The molecule has 4 aromatic rings. The molecule has 5 rings (SSSR count). The van der Waals surface area contributed by atoms with Gasteiger partial charge in [-0.05, 0) is 42.8 Å². The number of non-ortho nitro benzene ring substituents is 1. The molecule has 1 aliphatic heterocycles. The van der Waals surface area contributed by atoms with Gasteiger partial charge >= 0.3 is 0 Å². The monoisotopic (exact) mass is 447 g/mol. The smallest absolute Gasteiger partial charge is 0.270 e.